The molecule has 21 heavy (non-hydrogen) atoms. The first-order valence-corrected chi connectivity index (χ1v) is 7.89. The monoisotopic (exact) mass is 352 g/mol. The third-order valence-corrected chi connectivity index (χ3v) is 4.64. The summed E-state index contributed by atoms with van der Waals surface area (Å²) in [7, 11) is 0. The fourth-order valence-electron chi connectivity index (χ4n) is 2.87. The van der Waals surface area contributed by atoms with Gasteiger partial charge in [-0.25, -0.2) is 0 Å². The highest BCUT2D eigenvalue weighted by Crippen LogP contribution is 2.36. The van der Waals surface area contributed by atoms with Crippen molar-refractivity contribution >= 4 is 33.3 Å². The number of benzene rings is 1. The molecule has 0 spiro atoms. The topological polar surface area (TPSA) is 49.9 Å². The van der Waals surface area contributed by atoms with Crippen molar-refractivity contribution < 1.29 is 14.3 Å². The second-order valence-corrected chi connectivity index (χ2v) is 6.12. The molecule has 6 heteroatoms. The van der Waals surface area contributed by atoms with Gasteiger partial charge in [-0.15, -0.1) is 0 Å². The van der Waals surface area contributed by atoms with Gasteiger partial charge < -0.3 is 9.64 Å². The van der Waals surface area contributed by atoms with Crippen LogP contribution in [-0.4, -0.2) is 55.5 Å². The van der Waals surface area contributed by atoms with Crippen LogP contribution in [0.1, 0.15) is 17.3 Å². The quantitative estimate of drug-likeness (QED) is 0.777. The lowest BCUT2D eigenvalue weighted by molar-refractivity contribution is -0.115. The van der Waals surface area contributed by atoms with Crippen LogP contribution in [0.25, 0.3) is 0 Å². The molecule has 1 saturated heterocycles. The molecule has 2 heterocycles. The van der Waals surface area contributed by atoms with Crippen molar-refractivity contribution in [2.45, 2.75) is 13.0 Å². The molecule has 1 fully saturated rings. The fraction of sp³-hybridized carbons (Fsp3) is 0.467. The SMILES string of the molecule is CCN1CCOC(CN2C(=O)C(=O)c3cccc(Br)c32)C1. The smallest absolute Gasteiger partial charge is 0.299 e. The van der Waals surface area contributed by atoms with Gasteiger partial charge in [0.1, 0.15) is 0 Å². The largest absolute Gasteiger partial charge is 0.374 e. The molecule has 0 radical (unpaired) electrons. The molecular formula is C15H17BrN2O3. The zero-order chi connectivity index (χ0) is 15.0. The number of Topliss-reactive ketones (excluding diaryl/α,β-unsaturated/α-hetero) is 1. The Morgan fingerprint density at radius 2 is 2.19 bits per heavy atom. The molecule has 2 aliphatic heterocycles. The number of halogens is 1. The van der Waals surface area contributed by atoms with E-state index in [0.717, 1.165) is 24.1 Å². The average Bonchev–Trinajstić information content (AvgIpc) is 2.74. The number of carbonyl (C=O) groups is 2. The van der Waals surface area contributed by atoms with E-state index in [1.54, 1.807) is 17.0 Å². The van der Waals surface area contributed by atoms with E-state index in [1.807, 2.05) is 6.07 Å². The minimum Gasteiger partial charge on any atom is -0.374 e. The molecule has 5 nitrogen and oxygen atoms in total. The third kappa shape index (κ3) is 2.63. The van der Waals surface area contributed by atoms with Crippen LogP contribution in [0, 0.1) is 0 Å². The van der Waals surface area contributed by atoms with E-state index in [4.69, 9.17) is 4.74 Å². The van der Waals surface area contributed by atoms with Crippen molar-refractivity contribution in [3.8, 4) is 0 Å². The van der Waals surface area contributed by atoms with Crippen LogP contribution in [0.5, 0.6) is 0 Å². The van der Waals surface area contributed by atoms with E-state index in [-0.39, 0.29) is 6.10 Å². The molecular weight excluding hydrogens is 336 g/mol. The van der Waals surface area contributed by atoms with Gasteiger partial charge in [0.15, 0.2) is 0 Å². The van der Waals surface area contributed by atoms with Gasteiger partial charge in [0, 0.05) is 17.6 Å². The van der Waals surface area contributed by atoms with Crippen molar-refractivity contribution in [1.29, 1.82) is 0 Å². The van der Waals surface area contributed by atoms with Crippen LogP contribution < -0.4 is 4.90 Å². The molecule has 1 unspecified atom stereocenters. The second kappa shape index (κ2) is 5.87. The van der Waals surface area contributed by atoms with Crippen LogP contribution in [0.4, 0.5) is 5.69 Å². The maximum atomic E-state index is 12.2. The Balaban J connectivity index is 1.83. The Morgan fingerprint density at radius 3 is 2.95 bits per heavy atom. The molecule has 1 aromatic rings. The lowest BCUT2D eigenvalue weighted by Gasteiger charge is -2.34. The number of hydrogen-bond donors (Lipinski definition) is 0. The number of morpholine rings is 1. The number of likely N-dealkylation sites (N-methyl/N-ethyl adjacent to an activating group) is 1. The van der Waals surface area contributed by atoms with E-state index >= 15 is 0 Å². The molecule has 0 aromatic heterocycles. The van der Waals surface area contributed by atoms with Crippen molar-refractivity contribution in [3.63, 3.8) is 0 Å². The van der Waals surface area contributed by atoms with Crippen LogP contribution >= 0.6 is 15.9 Å². The predicted molar refractivity (Wildman–Crippen MR) is 82.7 cm³/mol. The number of rotatable bonds is 3. The zero-order valence-corrected chi connectivity index (χ0v) is 13.4. The van der Waals surface area contributed by atoms with E-state index in [9.17, 15) is 9.59 Å². The molecule has 0 aliphatic carbocycles. The fourth-order valence-corrected chi connectivity index (χ4v) is 3.45. The number of amides is 1. The molecule has 0 bridgehead atoms. The molecule has 3 rings (SSSR count). The summed E-state index contributed by atoms with van der Waals surface area (Å²) in [6, 6.07) is 5.31. The first-order valence-electron chi connectivity index (χ1n) is 7.10. The average molecular weight is 353 g/mol. The number of para-hydroxylation sites is 1. The highest BCUT2D eigenvalue weighted by Gasteiger charge is 2.38. The van der Waals surface area contributed by atoms with Crippen molar-refractivity contribution in [3.05, 3.63) is 28.2 Å². The van der Waals surface area contributed by atoms with Crippen molar-refractivity contribution in [2.24, 2.45) is 0 Å². The van der Waals surface area contributed by atoms with Crippen molar-refractivity contribution in [2.75, 3.05) is 37.7 Å². The third-order valence-electron chi connectivity index (χ3n) is 4.00. The van der Waals surface area contributed by atoms with E-state index in [2.05, 4.69) is 27.8 Å². The summed E-state index contributed by atoms with van der Waals surface area (Å²) in [5.74, 6) is -0.899. The normalized spacial score (nSPS) is 22.8. The Kier molecular flexibility index (Phi) is 4.10. The van der Waals surface area contributed by atoms with Gasteiger partial charge in [-0.1, -0.05) is 13.0 Å². The lowest BCUT2D eigenvalue weighted by atomic mass is 10.1. The molecule has 2 aliphatic rings. The second-order valence-electron chi connectivity index (χ2n) is 5.27. The minimum atomic E-state index is -0.464. The molecule has 1 atom stereocenters. The van der Waals surface area contributed by atoms with Gasteiger partial charge in [-0.05, 0) is 34.6 Å². The Bertz CT molecular complexity index is 590. The summed E-state index contributed by atoms with van der Waals surface area (Å²) in [5.41, 5.74) is 1.14. The summed E-state index contributed by atoms with van der Waals surface area (Å²) in [6.45, 7) is 5.86. The van der Waals surface area contributed by atoms with Gasteiger partial charge >= 0.3 is 0 Å². The standard InChI is InChI=1S/C15H17BrN2O3/c1-2-17-6-7-21-10(8-17)9-18-13-11(14(19)15(18)20)4-3-5-12(13)16/h3-5,10H,2,6-9H2,1H3. The van der Waals surface area contributed by atoms with Crippen LogP contribution in [-0.2, 0) is 9.53 Å². The minimum absolute atomic E-state index is 0.0616. The number of anilines is 1. The number of fused-ring (bicyclic) bond motifs is 1. The highest BCUT2D eigenvalue weighted by atomic mass is 79.9. The predicted octanol–water partition coefficient (Wildman–Crippen LogP) is 1.70. The Labute approximate surface area is 132 Å². The number of nitrogens with zero attached hydrogens (tertiary/aromatic N) is 2. The molecule has 0 saturated carbocycles. The maximum absolute atomic E-state index is 12.2. The molecule has 1 aromatic carbocycles. The summed E-state index contributed by atoms with van der Waals surface area (Å²) in [5, 5.41) is 0. The number of hydrogen-bond acceptors (Lipinski definition) is 4. The highest BCUT2D eigenvalue weighted by molar-refractivity contribution is 9.10. The van der Waals surface area contributed by atoms with Crippen LogP contribution in [0.3, 0.4) is 0 Å². The van der Waals surface area contributed by atoms with E-state index in [1.165, 1.54) is 0 Å². The Hall–Kier alpha value is -1.24. The van der Waals surface area contributed by atoms with Crippen LogP contribution in [0.2, 0.25) is 0 Å². The summed E-state index contributed by atoms with van der Waals surface area (Å²) < 4.78 is 6.51. The van der Waals surface area contributed by atoms with Gasteiger partial charge in [0.25, 0.3) is 11.7 Å². The summed E-state index contributed by atoms with van der Waals surface area (Å²) >= 11 is 3.44. The summed E-state index contributed by atoms with van der Waals surface area (Å²) in [6.07, 6.45) is -0.0616. The first-order chi connectivity index (χ1) is 10.1. The van der Waals surface area contributed by atoms with E-state index in [0.29, 0.717) is 24.4 Å². The van der Waals surface area contributed by atoms with Gasteiger partial charge in [-0.2, -0.15) is 0 Å². The zero-order valence-electron chi connectivity index (χ0n) is 11.8. The molecule has 1 amide bonds. The number of ether oxygens (including phenoxy) is 1. The maximum Gasteiger partial charge on any atom is 0.299 e. The van der Waals surface area contributed by atoms with E-state index < -0.39 is 11.7 Å². The Morgan fingerprint density at radius 1 is 1.38 bits per heavy atom. The number of carbonyl (C=O) groups excluding carboxylic acids is 2. The van der Waals surface area contributed by atoms with Crippen LogP contribution in [0.15, 0.2) is 22.7 Å². The lowest BCUT2D eigenvalue weighted by Crippen LogP contribution is -2.48. The van der Waals surface area contributed by atoms with Gasteiger partial charge in [0.2, 0.25) is 0 Å². The first kappa shape index (κ1) is 14.7. The number of ketones is 1. The van der Waals surface area contributed by atoms with Gasteiger partial charge in [0.05, 0.1) is 30.5 Å². The molecule has 112 valence electrons. The molecule has 0 N–H and O–H groups in total. The van der Waals surface area contributed by atoms with Gasteiger partial charge in [-0.3, -0.25) is 14.5 Å². The summed E-state index contributed by atoms with van der Waals surface area (Å²) in [4.78, 5) is 28.1. The van der Waals surface area contributed by atoms with Crippen molar-refractivity contribution in [1.82, 2.24) is 4.90 Å².